The molecular weight excluding hydrogens is 178 g/mol. The second kappa shape index (κ2) is 18.4. The average Bonchev–Trinajstić information content (AvgIpc) is 1.97. The third kappa shape index (κ3) is 17.6. The first kappa shape index (κ1) is 19.2. The van der Waals surface area contributed by atoms with Gasteiger partial charge in [0, 0.05) is 0 Å². The third-order valence-electron chi connectivity index (χ3n) is 1.85. The van der Waals surface area contributed by atoms with Crippen molar-refractivity contribution in [2.45, 2.75) is 58.3 Å². The number of hydrogen-bond acceptors (Lipinski definition) is 0. The van der Waals surface area contributed by atoms with Gasteiger partial charge in [0.1, 0.15) is 0 Å². The molecule has 70 valence electrons. The number of rotatable bonds is 7. The van der Waals surface area contributed by atoms with Crippen LogP contribution < -0.4 is 51.4 Å². The standard InChI is InChI=1S/C10H21.FH.K/c1-3-5-7-9-10-8-6-4-2;;/h1,3-10H2,2H3;1H;/q-1;;+1. The first-order valence-electron chi connectivity index (χ1n) is 4.71. The van der Waals surface area contributed by atoms with Crippen LogP contribution in [-0.4, -0.2) is 0 Å². The first-order valence-corrected chi connectivity index (χ1v) is 4.71. The SMILES string of the molecule is F.[CH2-]CCCCCCCCC.[K+]. The van der Waals surface area contributed by atoms with Crippen molar-refractivity contribution in [2.75, 3.05) is 0 Å². The van der Waals surface area contributed by atoms with Crippen LogP contribution in [0.4, 0.5) is 4.70 Å². The smallest absolute Gasteiger partial charge is 0.343 e. The topological polar surface area (TPSA) is 0 Å². The molecule has 12 heavy (non-hydrogen) atoms. The summed E-state index contributed by atoms with van der Waals surface area (Å²) in [5.41, 5.74) is 0. The van der Waals surface area contributed by atoms with Crippen LogP contribution in [0.15, 0.2) is 0 Å². The van der Waals surface area contributed by atoms with E-state index in [4.69, 9.17) is 0 Å². The molecule has 0 aromatic rings. The summed E-state index contributed by atoms with van der Waals surface area (Å²) in [5, 5.41) is 0. The van der Waals surface area contributed by atoms with E-state index in [1.807, 2.05) is 0 Å². The van der Waals surface area contributed by atoms with Gasteiger partial charge in [0.05, 0.1) is 0 Å². The molecule has 0 unspecified atom stereocenters. The maximum absolute atomic E-state index is 3.82. The minimum atomic E-state index is 0. The van der Waals surface area contributed by atoms with E-state index in [0.717, 1.165) is 6.42 Å². The Hall–Kier alpha value is 1.57. The molecule has 0 aliphatic rings. The van der Waals surface area contributed by atoms with E-state index in [9.17, 15) is 0 Å². The average molecular weight is 200 g/mol. The Morgan fingerprint density at radius 2 is 1.25 bits per heavy atom. The Labute approximate surface area is 120 Å². The molecule has 0 nitrogen and oxygen atoms in total. The van der Waals surface area contributed by atoms with E-state index in [1.165, 1.54) is 44.9 Å². The van der Waals surface area contributed by atoms with Gasteiger partial charge in [-0.3, -0.25) is 4.70 Å². The minimum absolute atomic E-state index is 0. The van der Waals surface area contributed by atoms with Crippen molar-refractivity contribution in [3.8, 4) is 0 Å². The van der Waals surface area contributed by atoms with Gasteiger partial charge >= 0.3 is 51.4 Å². The summed E-state index contributed by atoms with van der Waals surface area (Å²) in [6.45, 7) is 6.08. The van der Waals surface area contributed by atoms with E-state index in [-0.39, 0.29) is 56.1 Å². The van der Waals surface area contributed by atoms with Gasteiger partial charge in [0.25, 0.3) is 0 Å². The molecule has 0 saturated carbocycles. The molecule has 0 saturated heterocycles. The monoisotopic (exact) mass is 200 g/mol. The van der Waals surface area contributed by atoms with Gasteiger partial charge in [-0.1, -0.05) is 51.9 Å². The molecule has 0 heterocycles. The molecule has 0 amide bonds. The molecule has 0 aromatic carbocycles. The van der Waals surface area contributed by atoms with Crippen LogP contribution in [0, 0.1) is 6.92 Å². The van der Waals surface area contributed by atoms with Crippen LogP contribution in [0.2, 0.25) is 0 Å². The Bertz CT molecular complexity index is 49.8. The minimum Gasteiger partial charge on any atom is -0.343 e. The zero-order valence-corrected chi connectivity index (χ0v) is 11.9. The van der Waals surface area contributed by atoms with Crippen LogP contribution in [0.1, 0.15) is 58.3 Å². The summed E-state index contributed by atoms with van der Waals surface area (Å²) < 4.78 is 0. The van der Waals surface area contributed by atoms with Crippen LogP contribution in [0.3, 0.4) is 0 Å². The third-order valence-corrected chi connectivity index (χ3v) is 1.85. The van der Waals surface area contributed by atoms with Crippen LogP contribution >= 0.6 is 0 Å². The molecule has 0 bridgehead atoms. The number of halogens is 1. The summed E-state index contributed by atoms with van der Waals surface area (Å²) in [6.07, 6.45) is 10.9. The molecule has 2 heteroatoms. The Kier molecular flexibility index (Phi) is 29.4. The normalized spacial score (nSPS) is 8.50. The van der Waals surface area contributed by atoms with E-state index in [1.54, 1.807) is 0 Å². The van der Waals surface area contributed by atoms with Gasteiger partial charge in [-0.25, -0.2) is 0 Å². The molecule has 0 fully saturated rings. The van der Waals surface area contributed by atoms with Crippen LogP contribution in [-0.2, 0) is 0 Å². The van der Waals surface area contributed by atoms with Crippen LogP contribution in [0.25, 0.3) is 0 Å². The van der Waals surface area contributed by atoms with Crippen molar-refractivity contribution in [1.29, 1.82) is 0 Å². The second-order valence-corrected chi connectivity index (χ2v) is 2.97. The number of hydrogen-bond donors (Lipinski definition) is 0. The zero-order chi connectivity index (χ0) is 7.66. The molecule has 0 atom stereocenters. The maximum atomic E-state index is 3.82. The molecule has 0 radical (unpaired) electrons. The summed E-state index contributed by atoms with van der Waals surface area (Å²) in [6, 6.07) is 0. The molecule has 0 rings (SSSR count). The van der Waals surface area contributed by atoms with E-state index >= 15 is 0 Å². The van der Waals surface area contributed by atoms with Crippen molar-refractivity contribution >= 4 is 0 Å². The second-order valence-electron chi connectivity index (χ2n) is 2.97. The van der Waals surface area contributed by atoms with Crippen molar-refractivity contribution in [2.24, 2.45) is 0 Å². The largest absolute Gasteiger partial charge is 1.00 e. The molecule has 0 spiro atoms. The molecular formula is C10H22FK. The van der Waals surface area contributed by atoms with Gasteiger partial charge < -0.3 is 6.92 Å². The summed E-state index contributed by atoms with van der Waals surface area (Å²) >= 11 is 0. The summed E-state index contributed by atoms with van der Waals surface area (Å²) in [5.74, 6) is 0. The Morgan fingerprint density at radius 1 is 0.833 bits per heavy atom. The fourth-order valence-electron chi connectivity index (χ4n) is 1.13. The van der Waals surface area contributed by atoms with Gasteiger partial charge in [0.15, 0.2) is 0 Å². The van der Waals surface area contributed by atoms with Gasteiger partial charge in [-0.2, -0.15) is 6.42 Å². The fourth-order valence-corrected chi connectivity index (χ4v) is 1.13. The van der Waals surface area contributed by atoms with Crippen molar-refractivity contribution < 1.29 is 56.1 Å². The first-order chi connectivity index (χ1) is 4.91. The molecule has 0 aliphatic carbocycles. The van der Waals surface area contributed by atoms with E-state index in [2.05, 4.69) is 13.8 Å². The maximum Gasteiger partial charge on any atom is 1.00 e. The van der Waals surface area contributed by atoms with Crippen molar-refractivity contribution in [3.63, 3.8) is 0 Å². The fraction of sp³-hybridized carbons (Fsp3) is 0.900. The van der Waals surface area contributed by atoms with Gasteiger partial charge in [-0.05, 0) is 0 Å². The molecule has 0 aromatic heterocycles. The van der Waals surface area contributed by atoms with Gasteiger partial charge in [-0.15, -0.1) is 0 Å². The summed E-state index contributed by atoms with van der Waals surface area (Å²) in [4.78, 5) is 0. The Balaban J connectivity index is -0.000000405. The summed E-state index contributed by atoms with van der Waals surface area (Å²) in [7, 11) is 0. The van der Waals surface area contributed by atoms with Gasteiger partial charge in [0.2, 0.25) is 0 Å². The predicted octanol–water partition coefficient (Wildman–Crippen LogP) is 1.12. The molecule has 0 N–H and O–H groups in total. The van der Waals surface area contributed by atoms with E-state index < -0.39 is 0 Å². The quantitative estimate of drug-likeness (QED) is 0.328. The number of unbranched alkanes of at least 4 members (excludes halogenated alkanes) is 7. The van der Waals surface area contributed by atoms with Crippen molar-refractivity contribution in [3.05, 3.63) is 6.92 Å². The Morgan fingerprint density at radius 3 is 1.67 bits per heavy atom. The van der Waals surface area contributed by atoms with Crippen molar-refractivity contribution in [1.82, 2.24) is 0 Å². The predicted molar refractivity (Wildman–Crippen MR) is 50.5 cm³/mol. The van der Waals surface area contributed by atoms with Crippen LogP contribution in [0.5, 0.6) is 0 Å². The zero-order valence-electron chi connectivity index (χ0n) is 8.77. The molecule has 0 aliphatic heterocycles. The van der Waals surface area contributed by atoms with E-state index in [0.29, 0.717) is 0 Å².